The predicted octanol–water partition coefficient (Wildman–Crippen LogP) is 1.88. The van der Waals surface area contributed by atoms with Crippen molar-refractivity contribution in [1.82, 2.24) is 24.8 Å². The van der Waals surface area contributed by atoms with Crippen molar-refractivity contribution < 1.29 is 0 Å². The van der Waals surface area contributed by atoms with Crippen LogP contribution in [0.3, 0.4) is 0 Å². The van der Waals surface area contributed by atoms with Crippen molar-refractivity contribution in [3.63, 3.8) is 0 Å². The maximum Gasteiger partial charge on any atom is 0.220 e. The molecule has 110 valence electrons. The number of hydrogen-bond donors (Lipinski definition) is 1. The van der Waals surface area contributed by atoms with Gasteiger partial charge in [-0.05, 0) is 32.4 Å². The molecule has 0 aliphatic carbocycles. The third-order valence-corrected chi connectivity index (χ3v) is 3.87. The van der Waals surface area contributed by atoms with E-state index in [4.69, 9.17) is 5.73 Å². The monoisotopic (exact) mass is 284 g/mol. The van der Waals surface area contributed by atoms with E-state index >= 15 is 0 Å². The van der Waals surface area contributed by atoms with E-state index in [1.807, 2.05) is 25.4 Å². The summed E-state index contributed by atoms with van der Waals surface area (Å²) in [5.41, 5.74) is 7.86. The Morgan fingerprint density at radius 3 is 2.81 bits per heavy atom. The summed E-state index contributed by atoms with van der Waals surface area (Å²) in [5, 5.41) is 0. The largest absolute Gasteiger partial charge is 0.368 e. The van der Waals surface area contributed by atoms with Crippen molar-refractivity contribution in [3.05, 3.63) is 41.7 Å². The second-order valence-corrected chi connectivity index (χ2v) is 5.46. The molecule has 1 aliphatic rings. The number of nitrogens with two attached hydrogens (primary N) is 1. The van der Waals surface area contributed by atoms with E-state index in [-0.39, 0.29) is 0 Å². The van der Waals surface area contributed by atoms with Crippen LogP contribution >= 0.6 is 0 Å². The summed E-state index contributed by atoms with van der Waals surface area (Å²) in [4.78, 5) is 19.4. The molecule has 3 rings (SSSR count). The van der Waals surface area contributed by atoms with Crippen LogP contribution in [0, 0.1) is 6.92 Å². The second kappa shape index (κ2) is 6.13. The van der Waals surface area contributed by atoms with Crippen molar-refractivity contribution in [1.29, 1.82) is 0 Å². The van der Waals surface area contributed by atoms with E-state index in [0.29, 0.717) is 12.0 Å². The van der Waals surface area contributed by atoms with Gasteiger partial charge in [-0.2, -0.15) is 0 Å². The van der Waals surface area contributed by atoms with Crippen LogP contribution in [0.2, 0.25) is 0 Å². The number of piperidine rings is 1. The molecule has 0 aromatic carbocycles. The van der Waals surface area contributed by atoms with Gasteiger partial charge in [0.25, 0.3) is 0 Å². The maximum absolute atomic E-state index is 5.72. The molecule has 0 bridgehead atoms. The molecule has 1 aliphatic heterocycles. The predicted molar refractivity (Wildman–Crippen MR) is 80.2 cm³/mol. The molecule has 0 unspecified atom stereocenters. The average Bonchev–Trinajstić information content (AvgIpc) is 2.50. The number of nitrogen functional groups attached to an aromatic ring is 1. The molecule has 2 aromatic heterocycles. The number of anilines is 1. The van der Waals surface area contributed by atoms with Gasteiger partial charge in [0.05, 0.1) is 11.7 Å². The fourth-order valence-electron chi connectivity index (χ4n) is 2.82. The van der Waals surface area contributed by atoms with Gasteiger partial charge >= 0.3 is 0 Å². The lowest BCUT2D eigenvalue weighted by molar-refractivity contribution is 0.137. The van der Waals surface area contributed by atoms with Gasteiger partial charge in [0.2, 0.25) is 5.95 Å². The molecule has 6 nitrogen and oxygen atoms in total. The molecule has 1 saturated heterocycles. The van der Waals surface area contributed by atoms with Crippen LogP contribution < -0.4 is 5.73 Å². The third-order valence-electron chi connectivity index (χ3n) is 3.87. The zero-order valence-electron chi connectivity index (χ0n) is 12.2. The molecular formula is C15H20N6. The van der Waals surface area contributed by atoms with Crippen LogP contribution in [-0.4, -0.2) is 31.4 Å². The Morgan fingerprint density at radius 1 is 1.24 bits per heavy atom. The summed E-state index contributed by atoms with van der Waals surface area (Å²) < 4.78 is 0. The molecule has 6 heteroatoms. The number of likely N-dealkylation sites (tertiary alicyclic amines) is 1. The fraction of sp³-hybridized carbons (Fsp3) is 0.467. The highest BCUT2D eigenvalue weighted by atomic mass is 15.2. The highest BCUT2D eigenvalue weighted by molar-refractivity contribution is 5.20. The van der Waals surface area contributed by atoms with Gasteiger partial charge in [-0.25, -0.2) is 19.9 Å². The highest BCUT2D eigenvalue weighted by Gasteiger charge is 2.25. The first-order chi connectivity index (χ1) is 10.2. The number of aryl methyl sites for hydroxylation is 1. The average molecular weight is 284 g/mol. The molecule has 0 saturated carbocycles. The lowest BCUT2D eigenvalue weighted by Gasteiger charge is -2.35. The van der Waals surface area contributed by atoms with Crippen LogP contribution in [0.25, 0.3) is 0 Å². The topological polar surface area (TPSA) is 80.8 Å². The summed E-state index contributed by atoms with van der Waals surface area (Å²) in [6.07, 6.45) is 9.08. The first-order valence-corrected chi connectivity index (χ1v) is 7.32. The minimum Gasteiger partial charge on any atom is -0.368 e. The molecular weight excluding hydrogens is 264 g/mol. The Bertz CT molecular complexity index is 597. The lowest BCUT2D eigenvalue weighted by atomic mass is 9.98. The van der Waals surface area contributed by atoms with Gasteiger partial charge in [-0.3, -0.25) is 4.90 Å². The minimum absolute atomic E-state index is 0.297. The van der Waals surface area contributed by atoms with E-state index in [1.165, 1.54) is 12.8 Å². The van der Waals surface area contributed by atoms with Crippen LogP contribution in [0.4, 0.5) is 5.95 Å². The molecule has 3 heterocycles. The highest BCUT2D eigenvalue weighted by Crippen LogP contribution is 2.30. The Morgan fingerprint density at radius 2 is 2.05 bits per heavy atom. The molecule has 2 N–H and O–H groups in total. The number of aromatic nitrogens is 4. The molecule has 1 fully saturated rings. The molecule has 21 heavy (non-hydrogen) atoms. The van der Waals surface area contributed by atoms with Crippen LogP contribution in [-0.2, 0) is 6.54 Å². The van der Waals surface area contributed by atoms with E-state index < -0.39 is 0 Å². The molecule has 0 spiro atoms. The van der Waals surface area contributed by atoms with Crippen molar-refractivity contribution in [2.75, 3.05) is 12.3 Å². The van der Waals surface area contributed by atoms with Crippen molar-refractivity contribution in [2.45, 2.75) is 38.8 Å². The summed E-state index contributed by atoms with van der Waals surface area (Å²) in [5.74, 6) is 1.15. The normalized spacial score (nSPS) is 19.6. The molecule has 1 atom stereocenters. The number of hydrogen-bond acceptors (Lipinski definition) is 6. The summed E-state index contributed by atoms with van der Waals surface area (Å²) in [6.45, 7) is 3.80. The SMILES string of the molecule is Cc1ncc(CN2CCCC[C@@H]2c2ccnc(N)n2)cn1. The van der Waals surface area contributed by atoms with E-state index in [9.17, 15) is 0 Å². The minimum atomic E-state index is 0.297. The quantitative estimate of drug-likeness (QED) is 0.927. The van der Waals surface area contributed by atoms with Crippen LogP contribution in [0.5, 0.6) is 0 Å². The van der Waals surface area contributed by atoms with Gasteiger partial charge in [-0.1, -0.05) is 6.42 Å². The first-order valence-electron chi connectivity index (χ1n) is 7.32. The Balaban J connectivity index is 1.79. The maximum atomic E-state index is 5.72. The smallest absolute Gasteiger partial charge is 0.220 e. The second-order valence-electron chi connectivity index (χ2n) is 5.46. The van der Waals surface area contributed by atoms with Gasteiger partial charge in [0, 0.05) is 30.7 Å². The lowest BCUT2D eigenvalue weighted by Crippen LogP contribution is -2.33. The van der Waals surface area contributed by atoms with Gasteiger partial charge in [0.15, 0.2) is 0 Å². The van der Waals surface area contributed by atoms with Gasteiger partial charge in [0.1, 0.15) is 5.82 Å². The summed E-state index contributed by atoms with van der Waals surface area (Å²) in [7, 11) is 0. The van der Waals surface area contributed by atoms with E-state index in [1.54, 1.807) is 6.20 Å². The Hall–Kier alpha value is -2.08. The van der Waals surface area contributed by atoms with Crippen molar-refractivity contribution in [2.24, 2.45) is 0 Å². The first kappa shape index (κ1) is 13.9. The zero-order chi connectivity index (χ0) is 14.7. The Kier molecular flexibility index (Phi) is 4.06. The van der Waals surface area contributed by atoms with Gasteiger partial charge in [-0.15, -0.1) is 0 Å². The van der Waals surface area contributed by atoms with Crippen molar-refractivity contribution in [3.8, 4) is 0 Å². The summed E-state index contributed by atoms with van der Waals surface area (Å²) >= 11 is 0. The number of nitrogens with zero attached hydrogens (tertiary/aromatic N) is 5. The van der Waals surface area contributed by atoms with Crippen molar-refractivity contribution >= 4 is 5.95 Å². The van der Waals surface area contributed by atoms with E-state index in [2.05, 4.69) is 24.8 Å². The third kappa shape index (κ3) is 3.33. The van der Waals surface area contributed by atoms with Crippen LogP contribution in [0.15, 0.2) is 24.7 Å². The Labute approximate surface area is 124 Å². The standard InChI is InChI=1S/C15H20N6/c1-11-18-8-12(9-19-11)10-21-7-3-2-4-14(21)13-5-6-17-15(16)20-13/h5-6,8-9,14H,2-4,7,10H2,1H3,(H2,16,17,20)/t14-/m1/s1. The number of rotatable bonds is 3. The summed E-state index contributed by atoms with van der Waals surface area (Å²) in [6, 6.07) is 2.26. The fourth-order valence-corrected chi connectivity index (χ4v) is 2.82. The molecule has 0 amide bonds. The van der Waals surface area contributed by atoms with E-state index in [0.717, 1.165) is 36.6 Å². The molecule has 0 radical (unpaired) electrons. The van der Waals surface area contributed by atoms with Gasteiger partial charge < -0.3 is 5.73 Å². The zero-order valence-corrected chi connectivity index (χ0v) is 12.2. The molecule has 2 aromatic rings. The van der Waals surface area contributed by atoms with Crippen LogP contribution in [0.1, 0.15) is 42.4 Å².